The summed E-state index contributed by atoms with van der Waals surface area (Å²) in [6.45, 7) is 1.13. The van der Waals surface area contributed by atoms with E-state index in [9.17, 15) is 0 Å². The van der Waals surface area contributed by atoms with Gasteiger partial charge in [0.15, 0.2) is 17.3 Å². The molecular weight excluding hydrogens is 352 g/mol. The molecule has 0 unspecified atom stereocenters. The van der Waals surface area contributed by atoms with Gasteiger partial charge in [0.2, 0.25) is 4.96 Å². The standard InChI is InChI=1S/C18H14N4O3S/c1-23-13-4-2-3-11(9-13)16-19-20-18-22(16)21-17(26-18)12-5-6-14-15(10-12)25-8-7-24-14/h2-6,9-10H,7-8H2,1H3. The second-order valence-corrected chi connectivity index (χ2v) is 6.67. The second kappa shape index (κ2) is 5.99. The average molecular weight is 366 g/mol. The quantitative estimate of drug-likeness (QED) is 0.554. The molecule has 0 amide bonds. The normalized spacial score (nSPS) is 13.1. The predicted molar refractivity (Wildman–Crippen MR) is 97.1 cm³/mol. The molecule has 4 aromatic rings. The first-order valence-corrected chi connectivity index (χ1v) is 8.90. The summed E-state index contributed by atoms with van der Waals surface area (Å²) in [5.41, 5.74) is 1.86. The highest BCUT2D eigenvalue weighted by Gasteiger charge is 2.17. The number of ether oxygens (including phenoxy) is 3. The monoisotopic (exact) mass is 366 g/mol. The van der Waals surface area contributed by atoms with E-state index < -0.39 is 0 Å². The topological polar surface area (TPSA) is 70.8 Å². The molecule has 1 aliphatic rings. The van der Waals surface area contributed by atoms with E-state index in [4.69, 9.17) is 19.3 Å². The molecule has 0 aliphatic carbocycles. The fourth-order valence-corrected chi connectivity index (χ4v) is 3.69. The predicted octanol–water partition coefficient (Wildman–Crippen LogP) is 3.30. The van der Waals surface area contributed by atoms with E-state index in [0.29, 0.717) is 19.0 Å². The van der Waals surface area contributed by atoms with Crippen molar-refractivity contribution in [2.45, 2.75) is 0 Å². The van der Waals surface area contributed by atoms with E-state index in [0.717, 1.165) is 38.3 Å². The zero-order valence-corrected chi connectivity index (χ0v) is 14.7. The van der Waals surface area contributed by atoms with Crippen LogP contribution >= 0.6 is 11.3 Å². The molecule has 5 rings (SSSR count). The first-order valence-electron chi connectivity index (χ1n) is 8.08. The van der Waals surface area contributed by atoms with Crippen LogP contribution in [0.4, 0.5) is 0 Å². The number of methoxy groups -OCH3 is 1. The highest BCUT2D eigenvalue weighted by molar-refractivity contribution is 7.19. The van der Waals surface area contributed by atoms with Crippen LogP contribution in [0.5, 0.6) is 17.2 Å². The van der Waals surface area contributed by atoms with Gasteiger partial charge in [-0.2, -0.15) is 9.61 Å². The number of hydrogen-bond donors (Lipinski definition) is 0. The van der Waals surface area contributed by atoms with Gasteiger partial charge in [-0.05, 0) is 30.3 Å². The van der Waals surface area contributed by atoms with Crippen LogP contribution in [0.15, 0.2) is 42.5 Å². The molecule has 0 spiro atoms. The minimum absolute atomic E-state index is 0.557. The molecule has 26 heavy (non-hydrogen) atoms. The largest absolute Gasteiger partial charge is 0.497 e. The van der Waals surface area contributed by atoms with Gasteiger partial charge in [0, 0.05) is 11.1 Å². The Morgan fingerprint density at radius 1 is 1.00 bits per heavy atom. The lowest BCUT2D eigenvalue weighted by molar-refractivity contribution is 0.171. The van der Waals surface area contributed by atoms with Crippen LogP contribution in [0.3, 0.4) is 0 Å². The van der Waals surface area contributed by atoms with Crippen molar-refractivity contribution >= 4 is 16.3 Å². The lowest BCUT2D eigenvalue weighted by Crippen LogP contribution is -2.15. The molecule has 0 bridgehead atoms. The maximum atomic E-state index is 5.66. The van der Waals surface area contributed by atoms with Crippen LogP contribution in [-0.4, -0.2) is 40.1 Å². The zero-order chi connectivity index (χ0) is 17.5. The summed E-state index contributed by atoms with van der Waals surface area (Å²) in [4.78, 5) is 0.729. The van der Waals surface area contributed by atoms with E-state index in [2.05, 4.69) is 10.2 Å². The molecule has 0 saturated carbocycles. The molecule has 2 aromatic carbocycles. The van der Waals surface area contributed by atoms with Gasteiger partial charge in [0.1, 0.15) is 24.0 Å². The number of aromatic nitrogens is 4. The Bertz CT molecular complexity index is 1100. The Morgan fingerprint density at radius 2 is 1.88 bits per heavy atom. The van der Waals surface area contributed by atoms with Crippen LogP contribution < -0.4 is 14.2 Å². The maximum absolute atomic E-state index is 5.66. The summed E-state index contributed by atoms with van der Waals surface area (Å²) in [6.07, 6.45) is 0. The minimum atomic E-state index is 0.557. The third kappa shape index (κ3) is 2.46. The number of rotatable bonds is 3. The molecule has 2 aromatic heterocycles. The zero-order valence-electron chi connectivity index (χ0n) is 13.9. The highest BCUT2D eigenvalue weighted by atomic mass is 32.1. The van der Waals surface area contributed by atoms with E-state index in [1.54, 1.807) is 11.6 Å². The number of hydrogen-bond acceptors (Lipinski definition) is 7. The fourth-order valence-electron chi connectivity index (χ4n) is 2.85. The molecule has 0 saturated heterocycles. The van der Waals surface area contributed by atoms with Gasteiger partial charge in [-0.1, -0.05) is 23.5 Å². The smallest absolute Gasteiger partial charge is 0.235 e. The van der Waals surface area contributed by atoms with Crippen molar-refractivity contribution in [1.82, 2.24) is 19.8 Å². The second-order valence-electron chi connectivity index (χ2n) is 5.72. The van der Waals surface area contributed by atoms with Crippen LogP contribution in [0, 0.1) is 0 Å². The lowest BCUT2D eigenvalue weighted by Gasteiger charge is -2.18. The summed E-state index contributed by atoms with van der Waals surface area (Å²) in [6, 6.07) is 13.5. The average Bonchev–Trinajstić information content (AvgIpc) is 3.28. The maximum Gasteiger partial charge on any atom is 0.235 e. The van der Waals surface area contributed by atoms with E-state index in [1.165, 1.54) is 11.3 Å². The third-order valence-electron chi connectivity index (χ3n) is 4.11. The summed E-state index contributed by atoms with van der Waals surface area (Å²) in [5.74, 6) is 2.95. The fraction of sp³-hybridized carbons (Fsp3) is 0.167. The first kappa shape index (κ1) is 15.2. The third-order valence-corrected chi connectivity index (χ3v) is 5.06. The SMILES string of the molecule is COc1cccc(-c2nnc3sc(-c4ccc5c(c4)OCCO5)nn23)c1. The highest BCUT2D eigenvalue weighted by Crippen LogP contribution is 2.36. The van der Waals surface area contributed by atoms with Gasteiger partial charge >= 0.3 is 0 Å². The molecule has 0 atom stereocenters. The van der Waals surface area contributed by atoms with Crippen molar-refractivity contribution in [3.05, 3.63) is 42.5 Å². The molecule has 8 heteroatoms. The lowest BCUT2D eigenvalue weighted by atomic mass is 10.2. The summed E-state index contributed by atoms with van der Waals surface area (Å²) >= 11 is 1.48. The number of fused-ring (bicyclic) bond motifs is 2. The van der Waals surface area contributed by atoms with Crippen LogP contribution in [0.25, 0.3) is 26.9 Å². The summed E-state index contributed by atoms with van der Waals surface area (Å²) in [7, 11) is 1.64. The van der Waals surface area contributed by atoms with Gasteiger partial charge < -0.3 is 14.2 Å². The molecule has 0 radical (unpaired) electrons. The van der Waals surface area contributed by atoms with Gasteiger partial charge in [0.25, 0.3) is 0 Å². The van der Waals surface area contributed by atoms with Gasteiger partial charge in [-0.15, -0.1) is 10.2 Å². The molecule has 130 valence electrons. The van der Waals surface area contributed by atoms with E-state index in [-0.39, 0.29) is 0 Å². The number of benzene rings is 2. The molecule has 0 N–H and O–H groups in total. The van der Waals surface area contributed by atoms with Crippen LogP contribution in [0.2, 0.25) is 0 Å². The van der Waals surface area contributed by atoms with Gasteiger partial charge in [0.05, 0.1) is 7.11 Å². The molecule has 1 aliphatic heterocycles. The summed E-state index contributed by atoms with van der Waals surface area (Å²) in [5, 5.41) is 14.1. The summed E-state index contributed by atoms with van der Waals surface area (Å²) < 4.78 is 18.3. The molecule has 3 heterocycles. The minimum Gasteiger partial charge on any atom is -0.497 e. The Labute approximate surface area is 152 Å². The Morgan fingerprint density at radius 3 is 2.77 bits per heavy atom. The first-order chi connectivity index (χ1) is 12.8. The van der Waals surface area contributed by atoms with Crippen molar-refractivity contribution in [1.29, 1.82) is 0 Å². The van der Waals surface area contributed by atoms with Crippen molar-refractivity contribution in [3.63, 3.8) is 0 Å². The molecular formula is C18H14N4O3S. The van der Waals surface area contributed by atoms with Crippen molar-refractivity contribution < 1.29 is 14.2 Å². The number of nitrogens with zero attached hydrogens (tertiary/aromatic N) is 4. The molecule has 7 nitrogen and oxygen atoms in total. The Balaban J connectivity index is 1.58. The van der Waals surface area contributed by atoms with E-state index in [1.807, 2.05) is 42.5 Å². The van der Waals surface area contributed by atoms with Crippen molar-refractivity contribution in [2.24, 2.45) is 0 Å². The van der Waals surface area contributed by atoms with Crippen LogP contribution in [0.1, 0.15) is 0 Å². The Kier molecular flexibility index (Phi) is 3.49. The van der Waals surface area contributed by atoms with E-state index >= 15 is 0 Å². The van der Waals surface area contributed by atoms with Gasteiger partial charge in [-0.25, -0.2) is 0 Å². The molecule has 0 fully saturated rings. The van der Waals surface area contributed by atoms with Gasteiger partial charge in [-0.3, -0.25) is 0 Å². The van der Waals surface area contributed by atoms with Crippen molar-refractivity contribution in [2.75, 3.05) is 20.3 Å². The Hall–Kier alpha value is -3.13. The van der Waals surface area contributed by atoms with Crippen molar-refractivity contribution in [3.8, 4) is 39.2 Å². The van der Waals surface area contributed by atoms with Crippen LogP contribution in [-0.2, 0) is 0 Å².